The molecule has 0 aromatic rings. The summed E-state index contributed by atoms with van der Waals surface area (Å²) in [6.45, 7) is 13.6. The van der Waals surface area contributed by atoms with Crippen molar-refractivity contribution in [3.63, 3.8) is 0 Å². The lowest BCUT2D eigenvalue weighted by Gasteiger charge is -2.39. The van der Waals surface area contributed by atoms with Crippen LogP contribution in [0.2, 0.25) is 0 Å². The molecular formula is C17H33NO2. The van der Waals surface area contributed by atoms with Crippen molar-refractivity contribution in [3.8, 4) is 0 Å². The Morgan fingerprint density at radius 3 is 2.45 bits per heavy atom. The summed E-state index contributed by atoms with van der Waals surface area (Å²) < 4.78 is 6.10. The number of hydrogen-bond donors (Lipinski definition) is 2. The van der Waals surface area contributed by atoms with Gasteiger partial charge in [-0.2, -0.15) is 0 Å². The normalized spacial score (nSPS) is 36.8. The maximum absolute atomic E-state index is 10.0. The molecule has 118 valence electrons. The monoisotopic (exact) mass is 283 g/mol. The molecule has 2 aliphatic rings. The van der Waals surface area contributed by atoms with Crippen molar-refractivity contribution in [1.29, 1.82) is 0 Å². The number of ether oxygens (including phenoxy) is 1. The van der Waals surface area contributed by atoms with E-state index in [0.717, 1.165) is 12.5 Å². The van der Waals surface area contributed by atoms with Gasteiger partial charge < -0.3 is 15.2 Å². The molecule has 0 aliphatic heterocycles. The second-order valence-corrected chi connectivity index (χ2v) is 8.14. The summed E-state index contributed by atoms with van der Waals surface area (Å²) >= 11 is 0. The Bertz CT molecular complexity index is 329. The number of hydrogen-bond acceptors (Lipinski definition) is 3. The van der Waals surface area contributed by atoms with Gasteiger partial charge >= 0.3 is 0 Å². The van der Waals surface area contributed by atoms with Crippen LogP contribution in [0.4, 0.5) is 0 Å². The first kappa shape index (κ1) is 16.3. The molecule has 0 aromatic carbocycles. The second-order valence-electron chi connectivity index (χ2n) is 8.14. The van der Waals surface area contributed by atoms with Crippen LogP contribution in [0, 0.1) is 22.7 Å². The predicted octanol–water partition coefficient (Wildman–Crippen LogP) is 2.82. The zero-order valence-electron chi connectivity index (χ0n) is 13.9. The Morgan fingerprint density at radius 2 is 1.95 bits per heavy atom. The van der Waals surface area contributed by atoms with Gasteiger partial charge in [-0.25, -0.2) is 0 Å². The predicted molar refractivity (Wildman–Crippen MR) is 82.7 cm³/mol. The van der Waals surface area contributed by atoms with Gasteiger partial charge in [-0.3, -0.25) is 0 Å². The van der Waals surface area contributed by atoms with E-state index < -0.39 is 0 Å². The summed E-state index contributed by atoms with van der Waals surface area (Å²) in [5, 5.41) is 13.3. The topological polar surface area (TPSA) is 41.5 Å². The second kappa shape index (κ2) is 5.94. The van der Waals surface area contributed by atoms with Crippen molar-refractivity contribution >= 4 is 0 Å². The van der Waals surface area contributed by atoms with Crippen molar-refractivity contribution < 1.29 is 9.84 Å². The average Bonchev–Trinajstić information content (AvgIpc) is 2.68. The molecule has 20 heavy (non-hydrogen) atoms. The van der Waals surface area contributed by atoms with Gasteiger partial charge in [-0.15, -0.1) is 0 Å². The summed E-state index contributed by atoms with van der Waals surface area (Å²) in [5.74, 6) is 1.42. The van der Waals surface area contributed by atoms with Gasteiger partial charge in [0.2, 0.25) is 0 Å². The highest BCUT2D eigenvalue weighted by Gasteiger charge is 2.61. The van der Waals surface area contributed by atoms with E-state index in [1.165, 1.54) is 19.3 Å². The Hall–Kier alpha value is -0.120. The number of rotatable bonds is 7. The Balaban J connectivity index is 1.75. The molecule has 4 unspecified atom stereocenters. The molecule has 4 atom stereocenters. The third-order valence-corrected chi connectivity index (χ3v) is 6.14. The summed E-state index contributed by atoms with van der Waals surface area (Å²) in [4.78, 5) is 0. The highest BCUT2D eigenvalue weighted by atomic mass is 16.5. The van der Waals surface area contributed by atoms with E-state index >= 15 is 0 Å². The van der Waals surface area contributed by atoms with Gasteiger partial charge in [0.15, 0.2) is 0 Å². The number of fused-ring (bicyclic) bond motifs is 2. The van der Waals surface area contributed by atoms with Crippen LogP contribution in [-0.2, 0) is 4.74 Å². The molecule has 2 N–H and O–H groups in total. The van der Waals surface area contributed by atoms with Gasteiger partial charge in [0.25, 0.3) is 0 Å². The van der Waals surface area contributed by atoms with Crippen LogP contribution in [0.1, 0.15) is 53.9 Å². The first-order chi connectivity index (χ1) is 9.27. The molecule has 0 aromatic heterocycles. The molecule has 2 saturated carbocycles. The Labute approximate surface area is 124 Å². The standard InChI is InChI=1S/C17H33NO2/c1-12(2)9-18-10-14(19)11-20-15-8-13-6-7-17(15,5)16(13,3)4/h12-15,18-19H,6-11H2,1-5H3. The molecule has 2 fully saturated rings. The van der Waals surface area contributed by atoms with Crippen molar-refractivity contribution in [3.05, 3.63) is 0 Å². The minimum atomic E-state index is -0.389. The minimum absolute atomic E-state index is 0.294. The van der Waals surface area contributed by atoms with Crippen LogP contribution in [0.15, 0.2) is 0 Å². The van der Waals surface area contributed by atoms with Crippen LogP contribution < -0.4 is 5.32 Å². The van der Waals surface area contributed by atoms with Crippen LogP contribution in [-0.4, -0.2) is 37.0 Å². The van der Waals surface area contributed by atoms with Crippen LogP contribution in [0.5, 0.6) is 0 Å². The highest BCUT2D eigenvalue weighted by Crippen LogP contribution is 2.66. The molecule has 2 rings (SSSR count). The van der Waals surface area contributed by atoms with Crippen LogP contribution in [0.3, 0.4) is 0 Å². The number of aliphatic hydroxyl groups is 1. The van der Waals surface area contributed by atoms with E-state index in [-0.39, 0.29) is 6.10 Å². The summed E-state index contributed by atoms with van der Waals surface area (Å²) in [7, 11) is 0. The van der Waals surface area contributed by atoms with Crippen LogP contribution >= 0.6 is 0 Å². The highest BCUT2D eigenvalue weighted by molar-refractivity contribution is 5.11. The van der Waals surface area contributed by atoms with Crippen molar-refractivity contribution in [2.45, 2.75) is 66.1 Å². The minimum Gasteiger partial charge on any atom is -0.389 e. The van der Waals surface area contributed by atoms with Crippen molar-refractivity contribution in [1.82, 2.24) is 5.32 Å². The zero-order valence-corrected chi connectivity index (χ0v) is 13.9. The van der Waals surface area contributed by atoms with Crippen molar-refractivity contribution in [2.75, 3.05) is 19.7 Å². The van der Waals surface area contributed by atoms with Gasteiger partial charge in [0.05, 0.1) is 18.8 Å². The maximum Gasteiger partial charge on any atom is 0.0897 e. The smallest absolute Gasteiger partial charge is 0.0897 e. The lowest BCUT2D eigenvalue weighted by Crippen LogP contribution is -2.40. The third kappa shape index (κ3) is 2.90. The van der Waals surface area contributed by atoms with Crippen LogP contribution in [0.25, 0.3) is 0 Å². The molecule has 2 bridgehead atoms. The summed E-state index contributed by atoms with van der Waals surface area (Å²) in [6.07, 6.45) is 3.74. The number of aliphatic hydroxyl groups excluding tert-OH is 1. The van der Waals surface area contributed by atoms with Gasteiger partial charge in [0.1, 0.15) is 0 Å². The lowest BCUT2D eigenvalue weighted by atomic mass is 9.70. The van der Waals surface area contributed by atoms with E-state index in [4.69, 9.17) is 4.74 Å². The van der Waals surface area contributed by atoms with E-state index in [2.05, 4.69) is 39.9 Å². The zero-order chi connectivity index (χ0) is 15.0. The molecular weight excluding hydrogens is 250 g/mol. The third-order valence-electron chi connectivity index (χ3n) is 6.14. The SMILES string of the molecule is CC(C)CNCC(O)COC1CC2CCC1(C)C2(C)C. The lowest BCUT2D eigenvalue weighted by molar-refractivity contribution is -0.0742. The van der Waals surface area contributed by atoms with Crippen molar-refractivity contribution in [2.24, 2.45) is 22.7 Å². The largest absolute Gasteiger partial charge is 0.389 e. The van der Waals surface area contributed by atoms with E-state index in [1.54, 1.807) is 0 Å². The fourth-order valence-corrected chi connectivity index (χ4v) is 4.21. The van der Waals surface area contributed by atoms with E-state index in [1.807, 2.05) is 0 Å². The first-order valence-electron chi connectivity index (χ1n) is 8.27. The Morgan fingerprint density at radius 1 is 1.25 bits per heavy atom. The molecule has 3 heteroatoms. The fourth-order valence-electron chi connectivity index (χ4n) is 4.21. The molecule has 0 amide bonds. The molecule has 0 heterocycles. The summed E-state index contributed by atoms with van der Waals surface area (Å²) in [6, 6.07) is 0. The first-order valence-corrected chi connectivity index (χ1v) is 8.27. The molecule has 2 aliphatic carbocycles. The molecule has 0 spiro atoms. The van der Waals surface area contributed by atoms with Gasteiger partial charge in [0, 0.05) is 6.54 Å². The van der Waals surface area contributed by atoms with Gasteiger partial charge in [-0.1, -0.05) is 34.6 Å². The summed E-state index contributed by atoms with van der Waals surface area (Å²) in [5.41, 5.74) is 0.682. The van der Waals surface area contributed by atoms with E-state index in [9.17, 15) is 5.11 Å². The quantitative estimate of drug-likeness (QED) is 0.755. The molecule has 3 nitrogen and oxygen atoms in total. The number of nitrogens with one attached hydrogen (secondary N) is 1. The maximum atomic E-state index is 10.0. The fraction of sp³-hybridized carbons (Fsp3) is 1.00. The van der Waals surface area contributed by atoms with E-state index in [0.29, 0.717) is 36.0 Å². The Kier molecular flexibility index (Phi) is 4.83. The average molecular weight is 283 g/mol. The molecule has 0 saturated heterocycles. The molecule has 0 radical (unpaired) electrons. The van der Waals surface area contributed by atoms with Gasteiger partial charge in [-0.05, 0) is 48.5 Å².